The Kier molecular flexibility index (Phi) is 33.3. The summed E-state index contributed by atoms with van der Waals surface area (Å²) in [5.74, 6) is -0.374. The summed E-state index contributed by atoms with van der Waals surface area (Å²) in [6.45, 7) is 3.70. The van der Waals surface area contributed by atoms with E-state index in [9.17, 15) is 40.5 Å². The normalized spacial score (nSPS) is 27.4. The lowest BCUT2D eigenvalue weighted by atomic mass is 9.98. The quantitative estimate of drug-likeness (QED) is 0.0259. The molecule has 2 rings (SSSR count). The van der Waals surface area contributed by atoms with Gasteiger partial charge in [0.1, 0.15) is 54.9 Å². The van der Waals surface area contributed by atoms with Gasteiger partial charge >= 0.3 is 5.97 Å². The second-order valence-electron chi connectivity index (χ2n) is 17.7. The van der Waals surface area contributed by atoms with Crippen molar-refractivity contribution >= 4 is 5.97 Å². The van der Waals surface area contributed by atoms with E-state index in [0.717, 1.165) is 38.5 Å². The van der Waals surface area contributed by atoms with Crippen LogP contribution in [0, 0.1) is 0 Å². The summed E-state index contributed by atoms with van der Waals surface area (Å²) in [6.07, 6.45) is 17.5. The third-order valence-corrected chi connectivity index (χ3v) is 12.1. The predicted octanol–water partition coefficient (Wildman–Crippen LogP) is 6.52. The lowest BCUT2D eigenvalue weighted by Crippen LogP contribution is -2.61. The monoisotopic (exact) mass is 879 g/mol. The molecule has 0 aromatic rings. The van der Waals surface area contributed by atoms with E-state index in [2.05, 4.69) is 13.8 Å². The highest BCUT2D eigenvalue weighted by Crippen LogP contribution is 2.26. The molecule has 11 atom stereocenters. The fraction of sp³-hybridized carbons (Fsp3) is 0.979. The Balaban J connectivity index is 1.76. The van der Waals surface area contributed by atoms with Crippen LogP contribution in [0.3, 0.4) is 0 Å². The van der Waals surface area contributed by atoms with E-state index in [1.807, 2.05) is 0 Å². The van der Waals surface area contributed by atoms with Gasteiger partial charge in [-0.2, -0.15) is 0 Å². The van der Waals surface area contributed by atoms with Crippen molar-refractivity contribution in [2.45, 2.75) is 261 Å². The number of carbonyl (C=O) groups excluding carboxylic acids is 1. The Hall–Kier alpha value is -1.01. The number of aliphatic hydroxyl groups excluding tert-OH is 7. The highest BCUT2D eigenvalue weighted by molar-refractivity contribution is 5.69. The molecule has 0 aromatic heterocycles. The van der Waals surface area contributed by atoms with E-state index in [-0.39, 0.29) is 25.6 Å². The molecule has 0 saturated carbocycles. The van der Waals surface area contributed by atoms with Crippen LogP contribution in [-0.4, -0.2) is 142 Å². The van der Waals surface area contributed by atoms with Crippen LogP contribution >= 0.6 is 0 Å². The molecule has 0 aliphatic carbocycles. The molecule has 2 aliphatic rings. The summed E-state index contributed by atoms with van der Waals surface area (Å²) >= 11 is 0. The van der Waals surface area contributed by atoms with Crippen molar-refractivity contribution in [1.82, 2.24) is 0 Å². The molecule has 14 heteroatoms. The average Bonchev–Trinajstić information content (AvgIpc) is 3.25. The molecule has 0 radical (unpaired) electrons. The van der Waals surface area contributed by atoms with E-state index in [0.29, 0.717) is 13.0 Å². The Bertz CT molecular complexity index is 1020. The molecule has 0 aromatic carbocycles. The van der Waals surface area contributed by atoms with Crippen molar-refractivity contribution in [3.63, 3.8) is 0 Å². The van der Waals surface area contributed by atoms with E-state index in [1.165, 1.54) is 128 Å². The first-order valence-electron chi connectivity index (χ1n) is 24.6. The van der Waals surface area contributed by atoms with Crippen molar-refractivity contribution in [3.05, 3.63) is 0 Å². The van der Waals surface area contributed by atoms with Crippen molar-refractivity contribution in [3.8, 4) is 0 Å². The van der Waals surface area contributed by atoms with Gasteiger partial charge in [-0.1, -0.05) is 174 Å². The van der Waals surface area contributed by atoms with Crippen LogP contribution in [-0.2, 0) is 33.2 Å². The van der Waals surface area contributed by atoms with Gasteiger partial charge in [0.2, 0.25) is 0 Å². The maximum Gasteiger partial charge on any atom is 0.306 e. The highest BCUT2D eigenvalue weighted by atomic mass is 16.7. The lowest BCUT2D eigenvalue weighted by molar-refractivity contribution is -0.332. The standard InChI is InChI=1S/C47H90O14/c1-3-5-7-9-11-13-15-16-17-18-19-20-21-23-25-27-29-31-56-33-36(59-39(49)30-28-26-24-22-14-12-10-8-6-4-2)34-57-46-45(55)43(53)41(51)38(61-46)35-58-47-44(54)42(52)40(50)37(32-48)60-47/h36-38,40-48,50-55H,3-35H2,1-2H3. The molecule has 0 bridgehead atoms. The van der Waals surface area contributed by atoms with Gasteiger partial charge in [0, 0.05) is 13.0 Å². The van der Waals surface area contributed by atoms with Gasteiger partial charge in [0.05, 0.1) is 26.4 Å². The third kappa shape index (κ3) is 24.7. The summed E-state index contributed by atoms with van der Waals surface area (Å²) in [7, 11) is 0. The number of carbonyl (C=O) groups is 1. The maximum absolute atomic E-state index is 12.9. The lowest BCUT2D eigenvalue weighted by Gasteiger charge is -2.42. The summed E-state index contributed by atoms with van der Waals surface area (Å²) in [4.78, 5) is 12.9. The second-order valence-corrected chi connectivity index (χ2v) is 17.7. The number of ether oxygens (including phenoxy) is 6. The van der Waals surface area contributed by atoms with E-state index in [1.54, 1.807) is 0 Å². The molecule has 14 nitrogen and oxygen atoms in total. The molecule has 362 valence electrons. The Morgan fingerprint density at radius 2 is 0.869 bits per heavy atom. The van der Waals surface area contributed by atoms with E-state index >= 15 is 0 Å². The van der Waals surface area contributed by atoms with Crippen LogP contribution in [0.1, 0.15) is 194 Å². The number of hydrogen-bond acceptors (Lipinski definition) is 14. The van der Waals surface area contributed by atoms with Gasteiger partial charge in [-0.3, -0.25) is 4.79 Å². The van der Waals surface area contributed by atoms with E-state index < -0.39 is 80.7 Å². The zero-order chi connectivity index (χ0) is 44.5. The smallest absolute Gasteiger partial charge is 0.306 e. The topological polar surface area (TPSA) is 214 Å². The molecular weight excluding hydrogens is 789 g/mol. The number of rotatable bonds is 39. The van der Waals surface area contributed by atoms with Crippen LogP contribution in [0.4, 0.5) is 0 Å². The average molecular weight is 879 g/mol. The van der Waals surface area contributed by atoms with Crippen LogP contribution in [0.5, 0.6) is 0 Å². The Labute approximate surface area is 368 Å². The molecule has 11 unspecified atom stereocenters. The minimum atomic E-state index is -1.70. The first-order valence-corrected chi connectivity index (χ1v) is 24.6. The maximum atomic E-state index is 12.9. The number of hydrogen-bond donors (Lipinski definition) is 7. The van der Waals surface area contributed by atoms with Gasteiger partial charge in [-0.25, -0.2) is 0 Å². The van der Waals surface area contributed by atoms with E-state index in [4.69, 9.17) is 28.4 Å². The molecule has 2 aliphatic heterocycles. The third-order valence-electron chi connectivity index (χ3n) is 12.1. The van der Waals surface area contributed by atoms with Gasteiger partial charge in [-0.05, 0) is 12.8 Å². The van der Waals surface area contributed by atoms with Crippen LogP contribution < -0.4 is 0 Å². The molecule has 2 saturated heterocycles. The summed E-state index contributed by atoms with van der Waals surface area (Å²) < 4.78 is 34.2. The van der Waals surface area contributed by atoms with Gasteiger partial charge in [0.25, 0.3) is 0 Å². The largest absolute Gasteiger partial charge is 0.457 e. The molecule has 2 heterocycles. The Morgan fingerprint density at radius 3 is 1.33 bits per heavy atom. The molecule has 7 N–H and O–H groups in total. The van der Waals surface area contributed by atoms with Crippen LogP contribution in [0.25, 0.3) is 0 Å². The molecule has 0 spiro atoms. The second kappa shape index (κ2) is 36.2. The Morgan fingerprint density at radius 1 is 0.475 bits per heavy atom. The minimum Gasteiger partial charge on any atom is -0.457 e. The zero-order valence-corrected chi connectivity index (χ0v) is 38.2. The van der Waals surface area contributed by atoms with Crippen LogP contribution in [0.2, 0.25) is 0 Å². The fourth-order valence-corrected chi connectivity index (χ4v) is 8.05. The molecule has 0 amide bonds. The van der Waals surface area contributed by atoms with Crippen molar-refractivity contribution in [2.24, 2.45) is 0 Å². The summed E-state index contributed by atoms with van der Waals surface area (Å²) in [5, 5.41) is 71.9. The number of unbranched alkanes of at least 4 members (excludes halogenated alkanes) is 25. The van der Waals surface area contributed by atoms with Crippen molar-refractivity contribution in [1.29, 1.82) is 0 Å². The van der Waals surface area contributed by atoms with Crippen molar-refractivity contribution in [2.75, 3.05) is 33.0 Å². The van der Waals surface area contributed by atoms with Gasteiger partial charge in [-0.15, -0.1) is 0 Å². The molecule has 2 fully saturated rings. The van der Waals surface area contributed by atoms with Crippen molar-refractivity contribution < 1.29 is 69.0 Å². The first-order chi connectivity index (χ1) is 29.6. The highest BCUT2D eigenvalue weighted by Gasteiger charge is 2.47. The number of esters is 1. The minimum absolute atomic E-state index is 0.0697. The molecule has 61 heavy (non-hydrogen) atoms. The first kappa shape index (κ1) is 56.1. The van der Waals surface area contributed by atoms with Gasteiger partial charge in [0.15, 0.2) is 12.6 Å². The fourth-order valence-electron chi connectivity index (χ4n) is 8.05. The molecular formula is C47H90O14. The van der Waals surface area contributed by atoms with Gasteiger partial charge < -0.3 is 64.2 Å². The van der Waals surface area contributed by atoms with Crippen LogP contribution in [0.15, 0.2) is 0 Å². The SMILES string of the molecule is CCCCCCCCCCCCCCCCCCCOCC(COC1OC(COC2OC(CO)C(O)C(O)C2O)C(O)C(O)C1O)OC(=O)CCCCCCCCCCCC. The zero-order valence-electron chi connectivity index (χ0n) is 38.2. The summed E-state index contributed by atoms with van der Waals surface area (Å²) in [6, 6.07) is 0. The number of aliphatic hydroxyl groups is 7. The predicted molar refractivity (Wildman–Crippen MR) is 234 cm³/mol. The summed E-state index contributed by atoms with van der Waals surface area (Å²) in [5.41, 5.74) is 0.